The summed E-state index contributed by atoms with van der Waals surface area (Å²) in [5.41, 5.74) is 4.26. The monoisotopic (exact) mass is 526 g/mol. The number of hydrogen-bond donors (Lipinski definition) is 1. The van der Waals surface area contributed by atoms with Crippen molar-refractivity contribution in [3.05, 3.63) is 113 Å². The number of fused-ring (bicyclic) bond motifs is 1. The first-order chi connectivity index (χ1) is 18.6. The molecule has 5 rings (SSSR count). The first-order valence-corrected chi connectivity index (χ1v) is 13.7. The number of esters is 1. The van der Waals surface area contributed by atoms with Gasteiger partial charge in [0.1, 0.15) is 18.4 Å². The van der Waals surface area contributed by atoms with Crippen LogP contribution in [0.1, 0.15) is 36.6 Å². The standard InChI is InChI=1S/C30H30N4O3S/c1-3-38-30-32-29-31-21(2)26(28(35)37-20-23-12-8-5-9-13-23)27(34(29)33-30)24-14-16-25(17-15-24)36-19-18-22-10-6-4-7-11-22/h4-17,27H,3,18-20H2,1-2H3,(H,31,32,33). The highest BCUT2D eigenvalue weighted by atomic mass is 32.2. The van der Waals surface area contributed by atoms with E-state index in [0.29, 0.717) is 29.0 Å². The van der Waals surface area contributed by atoms with E-state index in [1.807, 2.05) is 79.7 Å². The highest BCUT2D eigenvalue weighted by Gasteiger charge is 2.35. The summed E-state index contributed by atoms with van der Waals surface area (Å²) in [5, 5.41) is 8.63. The van der Waals surface area contributed by atoms with Crippen molar-refractivity contribution < 1.29 is 14.3 Å². The van der Waals surface area contributed by atoms with Crippen molar-refractivity contribution in [3.63, 3.8) is 0 Å². The zero-order valence-electron chi connectivity index (χ0n) is 21.5. The predicted molar refractivity (Wildman–Crippen MR) is 149 cm³/mol. The molecule has 3 aromatic carbocycles. The molecule has 0 amide bonds. The fourth-order valence-electron chi connectivity index (χ4n) is 4.37. The van der Waals surface area contributed by atoms with Crippen molar-refractivity contribution in [2.45, 2.75) is 38.1 Å². The molecule has 4 aromatic rings. The molecule has 0 saturated carbocycles. The van der Waals surface area contributed by atoms with Crippen LogP contribution in [0.2, 0.25) is 0 Å². The van der Waals surface area contributed by atoms with Gasteiger partial charge < -0.3 is 14.8 Å². The summed E-state index contributed by atoms with van der Waals surface area (Å²) >= 11 is 1.56. The molecular formula is C30H30N4O3S. The van der Waals surface area contributed by atoms with Crippen molar-refractivity contribution >= 4 is 23.7 Å². The molecule has 38 heavy (non-hydrogen) atoms. The van der Waals surface area contributed by atoms with E-state index in [1.165, 1.54) is 5.56 Å². The molecule has 0 bridgehead atoms. The number of allylic oxidation sites excluding steroid dienone is 1. The lowest BCUT2D eigenvalue weighted by Crippen LogP contribution is -2.29. The van der Waals surface area contributed by atoms with Crippen LogP contribution in [0.25, 0.3) is 0 Å². The molecule has 1 unspecified atom stereocenters. The van der Waals surface area contributed by atoms with Crippen LogP contribution in [-0.2, 0) is 22.6 Å². The van der Waals surface area contributed by atoms with Gasteiger partial charge in [0, 0.05) is 12.1 Å². The molecule has 0 saturated heterocycles. The summed E-state index contributed by atoms with van der Waals surface area (Å²) in [6, 6.07) is 27.3. The van der Waals surface area contributed by atoms with Crippen LogP contribution in [0.3, 0.4) is 0 Å². The third-order valence-corrected chi connectivity index (χ3v) is 6.96. The lowest BCUT2D eigenvalue weighted by atomic mass is 9.95. The maximum Gasteiger partial charge on any atom is 0.338 e. The van der Waals surface area contributed by atoms with Crippen LogP contribution in [0.15, 0.2) is 101 Å². The summed E-state index contributed by atoms with van der Waals surface area (Å²) in [5.74, 6) is 1.83. The van der Waals surface area contributed by atoms with Crippen LogP contribution in [-0.4, -0.2) is 33.1 Å². The molecule has 1 atom stereocenters. The van der Waals surface area contributed by atoms with Gasteiger partial charge in [-0.2, -0.15) is 4.98 Å². The Kier molecular flexibility index (Phi) is 8.09. The summed E-state index contributed by atoms with van der Waals surface area (Å²) < 4.78 is 13.5. The van der Waals surface area contributed by atoms with E-state index >= 15 is 0 Å². The van der Waals surface area contributed by atoms with Crippen molar-refractivity contribution in [2.24, 2.45) is 0 Å². The molecule has 1 aliphatic rings. The van der Waals surface area contributed by atoms with Crippen molar-refractivity contribution in [2.75, 3.05) is 17.7 Å². The molecule has 7 nitrogen and oxygen atoms in total. The number of benzene rings is 3. The number of nitrogens with one attached hydrogen (secondary N) is 1. The second-order valence-electron chi connectivity index (χ2n) is 8.88. The number of carbonyl (C=O) groups is 1. The molecular weight excluding hydrogens is 496 g/mol. The molecule has 0 radical (unpaired) electrons. The zero-order valence-corrected chi connectivity index (χ0v) is 22.3. The average molecular weight is 527 g/mol. The van der Waals surface area contributed by atoms with Gasteiger partial charge in [-0.25, -0.2) is 9.48 Å². The summed E-state index contributed by atoms with van der Waals surface area (Å²) in [7, 11) is 0. The molecule has 0 aliphatic carbocycles. The van der Waals surface area contributed by atoms with Gasteiger partial charge in [0.15, 0.2) is 0 Å². The third kappa shape index (κ3) is 5.92. The number of rotatable bonds is 10. The van der Waals surface area contributed by atoms with Crippen LogP contribution in [0, 0.1) is 0 Å². The van der Waals surface area contributed by atoms with E-state index in [2.05, 4.69) is 29.4 Å². The van der Waals surface area contributed by atoms with Crippen molar-refractivity contribution in [1.82, 2.24) is 14.8 Å². The Labute approximate surface area is 226 Å². The zero-order chi connectivity index (χ0) is 26.3. The minimum atomic E-state index is -0.480. The van der Waals surface area contributed by atoms with Gasteiger partial charge in [0.05, 0.1) is 12.2 Å². The van der Waals surface area contributed by atoms with Gasteiger partial charge in [-0.3, -0.25) is 0 Å². The normalized spacial score (nSPS) is 14.5. The van der Waals surface area contributed by atoms with Gasteiger partial charge in [-0.05, 0) is 41.5 Å². The van der Waals surface area contributed by atoms with Gasteiger partial charge in [-0.1, -0.05) is 91.5 Å². The second-order valence-corrected chi connectivity index (χ2v) is 10.1. The molecule has 0 spiro atoms. The number of carbonyl (C=O) groups excluding carboxylic acids is 1. The molecule has 194 valence electrons. The smallest absolute Gasteiger partial charge is 0.338 e. The Morgan fingerprint density at radius 2 is 1.66 bits per heavy atom. The maximum absolute atomic E-state index is 13.4. The van der Waals surface area contributed by atoms with Gasteiger partial charge >= 0.3 is 5.97 Å². The highest BCUT2D eigenvalue weighted by molar-refractivity contribution is 7.99. The van der Waals surface area contributed by atoms with Gasteiger partial charge in [0.2, 0.25) is 11.1 Å². The SMILES string of the molecule is CCSc1nc2n(n1)C(c1ccc(OCCc3ccccc3)cc1)C(C(=O)OCc1ccccc1)=C(C)N2. The van der Waals surface area contributed by atoms with E-state index < -0.39 is 12.0 Å². The predicted octanol–water partition coefficient (Wildman–Crippen LogP) is 6.04. The Balaban J connectivity index is 1.38. The van der Waals surface area contributed by atoms with Crippen molar-refractivity contribution in [3.8, 4) is 5.75 Å². The fourth-order valence-corrected chi connectivity index (χ4v) is 4.93. The van der Waals surface area contributed by atoms with E-state index in [4.69, 9.17) is 14.6 Å². The van der Waals surface area contributed by atoms with Crippen molar-refractivity contribution in [1.29, 1.82) is 0 Å². The Hall–Kier alpha value is -4.04. The van der Waals surface area contributed by atoms with Crippen LogP contribution < -0.4 is 10.1 Å². The molecule has 0 fully saturated rings. The summed E-state index contributed by atoms with van der Waals surface area (Å²) in [6.45, 7) is 4.70. The van der Waals surface area contributed by atoms with Gasteiger partial charge in [0.25, 0.3) is 0 Å². The maximum atomic E-state index is 13.4. The number of nitrogens with zero attached hydrogens (tertiary/aromatic N) is 3. The van der Waals surface area contributed by atoms with E-state index in [9.17, 15) is 4.79 Å². The van der Waals surface area contributed by atoms with E-state index in [-0.39, 0.29) is 6.61 Å². The lowest BCUT2D eigenvalue weighted by molar-refractivity contribution is -0.140. The second kappa shape index (κ2) is 12.0. The highest BCUT2D eigenvalue weighted by Crippen LogP contribution is 2.37. The van der Waals surface area contributed by atoms with E-state index in [1.54, 1.807) is 16.4 Å². The number of hydrogen-bond acceptors (Lipinski definition) is 7. The van der Waals surface area contributed by atoms with Crippen LogP contribution in [0.5, 0.6) is 5.75 Å². The molecule has 1 aromatic heterocycles. The molecule has 2 heterocycles. The number of thioether (sulfide) groups is 1. The number of aromatic nitrogens is 3. The third-order valence-electron chi connectivity index (χ3n) is 6.24. The fraction of sp³-hybridized carbons (Fsp3) is 0.233. The minimum absolute atomic E-state index is 0.193. The topological polar surface area (TPSA) is 78.3 Å². The molecule has 8 heteroatoms. The Morgan fingerprint density at radius 3 is 2.34 bits per heavy atom. The molecule has 1 N–H and O–H groups in total. The summed E-state index contributed by atoms with van der Waals surface area (Å²) in [4.78, 5) is 18.1. The van der Waals surface area contributed by atoms with Crippen LogP contribution >= 0.6 is 11.8 Å². The Bertz CT molecular complexity index is 1400. The quantitative estimate of drug-likeness (QED) is 0.199. The lowest BCUT2D eigenvalue weighted by Gasteiger charge is -2.28. The van der Waals surface area contributed by atoms with Gasteiger partial charge in [-0.15, -0.1) is 5.10 Å². The number of anilines is 1. The largest absolute Gasteiger partial charge is 0.493 e. The summed E-state index contributed by atoms with van der Waals surface area (Å²) in [6.07, 6.45) is 0.830. The van der Waals surface area contributed by atoms with Crippen LogP contribution in [0.4, 0.5) is 5.95 Å². The number of ether oxygens (including phenoxy) is 2. The van der Waals surface area contributed by atoms with E-state index in [0.717, 1.165) is 29.1 Å². The average Bonchev–Trinajstić information content (AvgIpc) is 3.34. The Morgan fingerprint density at radius 1 is 0.974 bits per heavy atom. The first kappa shape index (κ1) is 25.6. The molecule has 1 aliphatic heterocycles. The minimum Gasteiger partial charge on any atom is -0.493 e. The first-order valence-electron chi connectivity index (χ1n) is 12.7.